The average Bonchev–Trinajstić information content (AvgIpc) is 3.01. The third-order valence-electron chi connectivity index (χ3n) is 7.77. The quantitative estimate of drug-likeness (QED) is 0.0324. The Kier molecular flexibility index (Phi) is 30.4. The normalized spacial score (nSPS) is 15.2. The first-order valence-corrected chi connectivity index (χ1v) is 17.5. The molecule has 5 N–H and O–H groups in total. The van der Waals surface area contributed by atoms with Gasteiger partial charge in [0.25, 0.3) is 0 Å². The molecule has 0 rings (SSSR count). The van der Waals surface area contributed by atoms with E-state index in [1.54, 1.807) is 0 Å². The van der Waals surface area contributed by atoms with Gasteiger partial charge >= 0.3 is 0 Å². The van der Waals surface area contributed by atoms with Gasteiger partial charge in [-0.05, 0) is 77.0 Å². The Hall–Kier alpha value is -1.73. The van der Waals surface area contributed by atoms with E-state index < -0.39 is 36.9 Å². The first kappa shape index (κ1) is 41.3. The van der Waals surface area contributed by atoms with Crippen LogP contribution in [0.2, 0.25) is 0 Å². The Bertz CT molecular complexity index is 733. The van der Waals surface area contributed by atoms with Gasteiger partial charge in [0.15, 0.2) is 0 Å². The van der Waals surface area contributed by atoms with Crippen LogP contribution in [0.25, 0.3) is 0 Å². The van der Waals surface area contributed by atoms with E-state index in [2.05, 4.69) is 67.8 Å². The first-order valence-electron chi connectivity index (χ1n) is 17.5. The third kappa shape index (κ3) is 26.4. The summed E-state index contributed by atoms with van der Waals surface area (Å²) in [7, 11) is 0. The monoisotopic (exact) mass is 606 g/mol. The van der Waals surface area contributed by atoms with Gasteiger partial charge in [-0.3, -0.25) is 4.79 Å². The molecule has 0 heterocycles. The number of hydrogen-bond acceptors (Lipinski definition) is 5. The molecule has 0 aliphatic heterocycles. The standard InChI is InChI=1S/C37H67NO5/c1-3-5-7-9-11-13-15-17-19-21-23-25-27-29-31-35(41)37(43)38-33(32-39)36(42)34(40)30-28-26-24-22-20-18-16-14-12-10-8-6-4-2/h11,13-17,22,24,33-36,39-42H,3-10,12,18-21,23,25-32H2,1-2H3,(H,38,43)/b13-11-,16-14+,17-15-,24-22+. The molecule has 1 amide bonds. The highest BCUT2D eigenvalue weighted by atomic mass is 16.3. The third-order valence-corrected chi connectivity index (χ3v) is 7.77. The van der Waals surface area contributed by atoms with E-state index in [-0.39, 0.29) is 0 Å². The van der Waals surface area contributed by atoms with Gasteiger partial charge in [0.1, 0.15) is 12.2 Å². The molecule has 6 heteroatoms. The second kappa shape index (κ2) is 31.7. The van der Waals surface area contributed by atoms with Crippen molar-refractivity contribution in [2.75, 3.05) is 6.61 Å². The van der Waals surface area contributed by atoms with Gasteiger partial charge in [-0.15, -0.1) is 0 Å². The highest BCUT2D eigenvalue weighted by Crippen LogP contribution is 2.12. The van der Waals surface area contributed by atoms with Crippen LogP contribution in [-0.4, -0.2) is 57.3 Å². The van der Waals surface area contributed by atoms with E-state index >= 15 is 0 Å². The lowest BCUT2D eigenvalue weighted by Gasteiger charge is -2.27. The number of allylic oxidation sites excluding steroid dienone is 8. The van der Waals surface area contributed by atoms with E-state index in [9.17, 15) is 25.2 Å². The summed E-state index contributed by atoms with van der Waals surface area (Å²) in [5.74, 6) is -0.615. The van der Waals surface area contributed by atoms with Crippen LogP contribution in [-0.2, 0) is 4.79 Å². The maximum Gasteiger partial charge on any atom is 0.249 e. The van der Waals surface area contributed by atoms with Crippen molar-refractivity contribution in [3.63, 3.8) is 0 Å². The van der Waals surface area contributed by atoms with E-state index in [1.807, 2.05) is 0 Å². The summed E-state index contributed by atoms with van der Waals surface area (Å²) in [6, 6.07) is -1.01. The molecular formula is C37H67NO5. The van der Waals surface area contributed by atoms with Crippen molar-refractivity contribution < 1.29 is 25.2 Å². The zero-order valence-corrected chi connectivity index (χ0v) is 27.7. The van der Waals surface area contributed by atoms with Crippen LogP contribution in [0.5, 0.6) is 0 Å². The van der Waals surface area contributed by atoms with Gasteiger partial charge in [-0.1, -0.05) is 120 Å². The van der Waals surface area contributed by atoms with Gasteiger partial charge in [0.05, 0.1) is 18.8 Å². The highest BCUT2D eigenvalue weighted by Gasteiger charge is 2.28. The lowest BCUT2D eigenvalue weighted by molar-refractivity contribution is -0.132. The molecule has 0 aliphatic rings. The molecule has 6 nitrogen and oxygen atoms in total. The second-order valence-electron chi connectivity index (χ2n) is 11.9. The molecule has 0 aliphatic carbocycles. The molecular weight excluding hydrogens is 538 g/mol. The molecule has 43 heavy (non-hydrogen) atoms. The summed E-state index contributed by atoms with van der Waals surface area (Å²) in [5.41, 5.74) is 0. The van der Waals surface area contributed by atoms with Gasteiger partial charge in [0, 0.05) is 0 Å². The Morgan fingerprint density at radius 3 is 1.65 bits per heavy atom. The van der Waals surface area contributed by atoms with Crippen molar-refractivity contribution in [3.8, 4) is 0 Å². The molecule has 0 spiro atoms. The molecule has 0 saturated carbocycles. The summed E-state index contributed by atoms with van der Waals surface area (Å²) >= 11 is 0. The van der Waals surface area contributed by atoms with Gasteiger partial charge in [-0.2, -0.15) is 0 Å². The van der Waals surface area contributed by atoms with Crippen molar-refractivity contribution in [1.29, 1.82) is 0 Å². The minimum Gasteiger partial charge on any atom is -0.394 e. The molecule has 0 fully saturated rings. The van der Waals surface area contributed by atoms with Crippen LogP contribution >= 0.6 is 0 Å². The van der Waals surface area contributed by atoms with Crippen LogP contribution in [0.4, 0.5) is 0 Å². The Morgan fingerprint density at radius 1 is 0.581 bits per heavy atom. The number of rotatable bonds is 30. The molecule has 0 bridgehead atoms. The predicted octanol–water partition coefficient (Wildman–Crippen LogP) is 8.00. The van der Waals surface area contributed by atoms with Gasteiger partial charge < -0.3 is 25.7 Å². The van der Waals surface area contributed by atoms with E-state index in [0.717, 1.165) is 70.6 Å². The van der Waals surface area contributed by atoms with Crippen LogP contribution in [0.3, 0.4) is 0 Å². The summed E-state index contributed by atoms with van der Waals surface area (Å²) in [6.45, 7) is 3.93. The SMILES string of the molecule is CCCCC/C=C\C=C/CCCCCCCC(O)C(=O)NC(CO)C(O)C(O)CCC/C=C/CC/C=C/CCCCCC. The summed E-state index contributed by atoms with van der Waals surface area (Å²) in [5, 5.41) is 43.3. The summed E-state index contributed by atoms with van der Waals surface area (Å²) in [6.07, 6.45) is 35.5. The van der Waals surface area contributed by atoms with Crippen molar-refractivity contribution in [2.45, 2.75) is 173 Å². The number of nitrogens with one attached hydrogen (secondary N) is 1. The molecule has 250 valence electrons. The maximum atomic E-state index is 12.4. The number of hydrogen-bond donors (Lipinski definition) is 5. The number of carbonyl (C=O) groups excluding carboxylic acids is 1. The smallest absolute Gasteiger partial charge is 0.249 e. The zero-order valence-electron chi connectivity index (χ0n) is 27.7. The summed E-state index contributed by atoms with van der Waals surface area (Å²) in [4.78, 5) is 12.4. The fourth-order valence-electron chi connectivity index (χ4n) is 4.88. The predicted molar refractivity (Wildman–Crippen MR) is 182 cm³/mol. The number of aliphatic hydroxyl groups excluding tert-OH is 4. The second-order valence-corrected chi connectivity index (χ2v) is 11.9. The largest absolute Gasteiger partial charge is 0.394 e. The molecule has 0 aromatic heterocycles. The van der Waals surface area contributed by atoms with E-state index in [4.69, 9.17) is 0 Å². The lowest BCUT2D eigenvalue weighted by Crippen LogP contribution is -2.53. The Labute approximate surface area is 264 Å². The van der Waals surface area contributed by atoms with Crippen molar-refractivity contribution in [1.82, 2.24) is 5.32 Å². The first-order chi connectivity index (χ1) is 21.0. The highest BCUT2D eigenvalue weighted by molar-refractivity contribution is 5.80. The number of aliphatic hydroxyl groups is 4. The Balaban J connectivity index is 3.97. The average molecular weight is 606 g/mol. The lowest BCUT2D eigenvalue weighted by atomic mass is 10.00. The molecule has 4 atom stereocenters. The Morgan fingerprint density at radius 2 is 1.05 bits per heavy atom. The van der Waals surface area contributed by atoms with Crippen LogP contribution < -0.4 is 5.32 Å². The van der Waals surface area contributed by atoms with Crippen LogP contribution in [0, 0.1) is 0 Å². The maximum absolute atomic E-state index is 12.4. The molecule has 0 aromatic carbocycles. The number of unbranched alkanes of at least 4 members (excludes halogenated alkanes) is 14. The van der Waals surface area contributed by atoms with E-state index in [0.29, 0.717) is 19.3 Å². The fourth-order valence-corrected chi connectivity index (χ4v) is 4.88. The zero-order chi connectivity index (χ0) is 31.8. The van der Waals surface area contributed by atoms with Crippen molar-refractivity contribution >= 4 is 5.91 Å². The topological polar surface area (TPSA) is 110 Å². The van der Waals surface area contributed by atoms with Crippen molar-refractivity contribution in [3.05, 3.63) is 48.6 Å². The molecule has 4 unspecified atom stereocenters. The minimum atomic E-state index is -1.29. The van der Waals surface area contributed by atoms with Crippen LogP contribution in [0.1, 0.15) is 149 Å². The van der Waals surface area contributed by atoms with Gasteiger partial charge in [-0.25, -0.2) is 0 Å². The molecule has 0 aromatic rings. The van der Waals surface area contributed by atoms with E-state index in [1.165, 1.54) is 44.9 Å². The number of amides is 1. The fraction of sp³-hybridized carbons (Fsp3) is 0.757. The number of carbonyl (C=O) groups is 1. The minimum absolute atomic E-state index is 0.340. The summed E-state index contributed by atoms with van der Waals surface area (Å²) < 4.78 is 0. The van der Waals surface area contributed by atoms with Crippen LogP contribution in [0.15, 0.2) is 48.6 Å². The van der Waals surface area contributed by atoms with Crippen molar-refractivity contribution in [2.24, 2.45) is 0 Å². The molecule has 0 radical (unpaired) electrons. The van der Waals surface area contributed by atoms with Gasteiger partial charge in [0.2, 0.25) is 5.91 Å². The molecule has 0 saturated heterocycles.